The molecular formula is C15H16IN. The van der Waals surface area contributed by atoms with E-state index in [9.17, 15) is 0 Å². The van der Waals surface area contributed by atoms with Gasteiger partial charge in [-0.3, -0.25) is 0 Å². The Kier molecular flexibility index (Phi) is 4.05. The molecule has 2 heteroatoms. The molecular weight excluding hydrogens is 321 g/mol. The first kappa shape index (κ1) is 12.4. The van der Waals surface area contributed by atoms with Crippen LogP contribution in [0.1, 0.15) is 11.1 Å². The maximum atomic E-state index is 2.35. The van der Waals surface area contributed by atoms with Gasteiger partial charge in [0.2, 0.25) is 0 Å². The van der Waals surface area contributed by atoms with Crippen LogP contribution in [-0.2, 0) is 6.54 Å². The number of halogens is 1. The van der Waals surface area contributed by atoms with Crippen molar-refractivity contribution in [1.82, 2.24) is 0 Å². The highest BCUT2D eigenvalue weighted by molar-refractivity contribution is 14.1. The third kappa shape index (κ3) is 3.46. The predicted octanol–water partition coefficient (Wildman–Crippen LogP) is 4.24. The van der Waals surface area contributed by atoms with Crippen LogP contribution in [0.15, 0.2) is 48.5 Å². The van der Waals surface area contributed by atoms with Gasteiger partial charge in [0.05, 0.1) is 0 Å². The van der Waals surface area contributed by atoms with Gasteiger partial charge in [0.15, 0.2) is 0 Å². The summed E-state index contributed by atoms with van der Waals surface area (Å²) in [6.45, 7) is 3.06. The molecule has 88 valence electrons. The number of aryl methyl sites for hydroxylation is 1. The van der Waals surface area contributed by atoms with Gasteiger partial charge in [-0.05, 0) is 53.3 Å². The van der Waals surface area contributed by atoms with Crippen LogP contribution in [0, 0.1) is 10.5 Å². The molecule has 0 aliphatic rings. The molecule has 0 bridgehead atoms. The van der Waals surface area contributed by atoms with Crippen LogP contribution in [0.5, 0.6) is 0 Å². The lowest BCUT2D eigenvalue weighted by molar-refractivity contribution is 0.922. The average Bonchev–Trinajstić information content (AvgIpc) is 2.32. The number of nitrogens with zero attached hydrogens (tertiary/aromatic N) is 1. The molecule has 0 radical (unpaired) electrons. The Morgan fingerprint density at radius 2 is 1.76 bits per heavy atom. The topological polar surface area (TPSA) is 3.24 Å². The van der Waals surface area contributed by atoms with Crippen molar-refractivity contribution >= 4 is 28.3 Å². The van der Waals surface area contributed by atoms with Crippen LogP contribution in [-0.4, -0.2) is 7.05 Å². The van der Waals surface area contributed by atoms with Crippen molar-refractivity contribution in [1.29, 1.82) is 0 Å². The van der Waals surface area contributed by atoms with E-state index in [0.717, 1.165) is 6.54 Å². The molecule has 0 fully saturated rings. The number of hydrogen-bond acceptors (Lipinski definition) is 1. The lowest BCUT2D eigenvalue weighted by Gasteiger charge is -2.19. The van der Waals surface area contributed by atoms with Gasteiger partial charge in [0.1, 0.15) is 0 Å². The van der Waals surface area contributed by atoms with Crippen molar-refractivity contribution in [2.75, 3.05) is 11.9 Å². The molecule has 2 aromatic rings. The molecule has 2 rings (SSSR count). The molecule has 0 saturated heterocycles. The number of benzene rings is 2. The molecule has 0 amide bonds. The van der Waals surface area contributed by atoms with Gasteiger partial charge in [-0.25, -0.2) is 0 Å². The summed E-state index contributed by atoms with van der Waals surface area (Å²) in [5.74, 6) is 0. The minimum absolute atomic E-state index is 0.945. The highest BCUT2D eigenvalue weighted by Gasteiger charge is 2.02. The Morgan fingerprint density at radius 1 is 1.06 bits per heavy atom. The van der Waals surface area contributed by atoms with Crippen LogP contribution < -0.4 is 4.90 Å². The van der Waals surface area contributed by atoms with Crippen LogP contribution in [0.25, 0.3) is 0 Å². The van der Waals surface area contributed by atoms with Gasteiger partial charge < -0.3 is 4.90 Å². The maximum Gasteiger partial charge on any atom is 0.0426 e. The van der Waals surface area contributed by atoms with Gasteiger partial charge in [-0.15, -0.1) is 0 Å². The Hall–Kier alpha value is -1.03. The summed E-state index contributed by atoms with van der Waals surface area (Å²) in [6.07, 6.45) is 0. The van der Waals surface area contributed by atoms with Crippen molar-refractivity contribution in [2.24, 2.45) is 0 Å². The average molecular weight is 337 g/mol. The van der Waals surface area contributed by atoms with Crippen LogP contribution in [0.2, 0.25) is 0 Å². The van der Waals surface area contributed by atoms with E-state index in [1.54, 1.807) is 0 Å². The Labute approximate surface area is 117 Å². The highest BCUT2D eigenvalue weighted by atomic mass is 127. The molecule has 1 nitrogen and oxygen atoms in total. The van der Waals surface area contributed by atoms with E-state index in [0.29, 0.717) is 0 Å². The molecule has 0 aromatic heterocycles. The van der Waals surface area contributed by atoms with E-state index < -0.39 is 0 Å². The van der Waals surface area contributed by atoms with Crippen molar-refractivity contribution in [3.63, 3.8) is 0 Å². The molecule has 0 spiro atoms. The Bertz CT molecular complexity index is 491. The largest absolute Gasteiger partial charge is 0.370 e. The third-order valence-corrected chi connectivity index (χ3v) is 3.46. The lowest BCUT2D eigenvalue weighted by Crippen LogP contribution is -2.16. The lowest BCUT2D eigenvalue weighted by atomic mass is 10.1. The highest BCUT2D eigenvalue weighted by Crippen LogP contribution is 2.18. The van der Waals surface area contributed by atoms with E-state index in [1.807, 2.05) is 0 Å². The van der Waals surface area contributed by atoms with E-state index in [2.05, 4.69) is 90.0 Å². The summed E-state index contributed by atoms with van der Waals surface area (Å²) in [7, 11) is 2.13. The molecule has 2 aromatic carbocycles. The van der Waals surface area contributed by atoms with Gasteiger partial charge in [-0.1, -0.05) is 35.9 Å². The zero-order chi connectivity index (χ0) is 12.3. The first-order chi connectivity index (χ1) is 8.15. The smallest absolute Gasteiger partial charge is 0.0426 e. The van der Waals surface area contributed by atoms with E-state index >= 15 is 0 Å². The Balaban J connectivity index is 2.11. The van der Waals surface area contributed by atoms with E-state index in [4.69, 9.17) is 0 Å². The molecule has 0 heterocycles. The van der Waals surface area contributed by atoms with Gasteiger partial charge >= 0.3 is 0 Å². The fourth-order valence-electron chi connectivity index (χ4n) is 1.77. The maximum absolute atomic E-state index is 2.35. The second kappa shape index (κ2) is 5.54. The fourth-order valence-corrected chi connectivity index (χ4v) is 2.30. The number of rotatable bonds is 3. The predicted molar refractivity (Wildman–Crippen MR) is 82.4 cm³/mol. The molecule has 0 atom stereocenters. The Morgan fingerprint density at radius 3 is 2.41 bits per heavy atom. The molecule has 0 aliphatic carbocycles. The summed E-state index contributed by atoms with van der Waals surface area (Å²) in [4.78, 5) is 2.27. The zero-order valence-electron chi connectivity index (χ0n) is 10.2. The van der Waals surface area contributed by atoms with E-state index in [-0.39, 0.29) is 0 Å². The second-order valence-corrected chi connectivity index (χ2v) is 5.57. The van der Waals surface area contributed by atoms with Crippen LogP contribution in [0.3, 0.4) is 0 Å². The quantitative estimate of drug-likeness (QED) is 0.758. The summed E-state index contributed by atoms with van der Waals surface area (Å²) < 4.78 is 1.27. The van der Waals surface area contributed by atoms with Crippen molar-refractivity contribution in [3.05, 3.63) is 63.2 Å². The second-order valence-electron chi connectivity index (χ2n) is 4.32. The molecule has 0 unspecified atom stereocenters. The first-order valence-corrected chi connectivity index (χ1v) is 6.75. The SMILES string of the molecule is Cc1ccc(CN(C)c2cccc(I)c2)cc1. The fraction of sp³-hybridized carbons (Fsp3) is 0.200. The summed E-state index contributed by atoms with van der Waals surface area (Å²) in [6, 6.07) is 17.3. The monoisotopic (exact) mass is 337 g/mol. The molecule has 0 saturated carbocycles. The van der Waals surface area contributed by atoms with Crippen molar-refractivity contribution in [2.45, 2.75) is 13.5 Å². The normalized spacial score (nSPS) is 10.3. The molecule has 17 heavy (non-hydrogen) atoms. The van der Waals surface area contributed by atoms with E-state index in [1.165, 1.54) is 20.4 Å². The summed E-state index contributed by atoms with van der Waals surface area (Å²) >= 11 is 2.35. The van der Waals surface area contributed by atoms with Crippen molar-refractivity contribution < 1.29 is 0 Å². The summed E-state index contributed by atoms with van der Waals surface area (Å²) in [5.41, 5.74) is 3.92. The zero-order valence-corrected chi connectivity index (χ0v) is 12.3. The van der Waals surface area contributed by atoms with Gasteiger partial charge in [0, 0.05) is 22.8 Å². The first-order valence-electron chi connectivity index (χ1n) is 5.67. The summed E-state index contributed by atoms with van der Waals surface area (Å²) in [5, 5.41) is 0. The molecule has 0 aliphatic heterocycles. The van der Waals surface area contributed by atoms with Gasteiger partial charge in [0.25, 0.3) is 0 Å². The van der Waals surface area contributed by atoms with Gasteiger partial charge in [-0.2, -0.15) is 0 Å². The minimum Gasteiger partial charge on any atom is -0.370 e. The van der Waals surface area contributed by atoms with Crippen LogP contribution >= 0.6 is 22.6 Å². The number of hydrogen-bond donors (Lipinski definition) is 0. The number of anilines is 1. The van der Waals surface area contributed by atoms with Crippen molar-refractivity contribution in [3.8, 4) is 0 Å². The van der Waals surface area contributed by atoms with Crippen LogP contribution in [0.4, 0.5) is 5.69 Å². The molecule has 0 N–H and O–H groups in total. The standard InChI is InChI=1S/C15H16IN/c1-12-6-8-13(9-7-12)11-17(2)15-5-3-4-14(16)10-15/h3-10H,11H2,1-2H3. The third-order valence-electron chi connectivity index (χ3n) is 2.79. The minimum atomic E-state index is 0.945.